The lowest BCUT2D eigenvalue weighted by atomic mass is 10.1. The van der Waals surface area contributed by atoms with E-state index in [-0.39, 0.29) is 4.65 Å². The second kappa shape index (κ2) is 15.8. The van der Waals surface area contributed by atoms with E-state index in [2.05, 4.69) is 20.8 Å². The van der Waals surface area contributed by atoms with Crippen molar-refractivity contribution >= 4 is 0 Å². The van der Waals surface area contributed by atoms with Crippen LogP contribution in [0.15, 0.2) is 0 Å². The van der Waals surface area contributed by atoms with E-state index in [9.17, 15) is 5.21 Å². The van der Waals surface area contributed by atoms with Crippen LogP contribution >= 0.6 is 0 Å². The molecular formula is C20H43NO. The molecule has 0 unspecified atom stereocenters. The summed E-state index contributed by atoms with van der Waals surface area (Å²) in [6.07, 6.45) is 17.7. The average Bonchev–Trinajstić information content (AvgIpc) is 2.52. The van der Waals surface area contributed by atoms with Crippen LogP contribution in [0.1, 0.15) is 111 Å². The number of hydrogen-bond donors (Lipinski definition) is 0. The van der Waals surface area contributed by atoms with E-state index in [4.69, 9.17) is 0 Å². The van der Waals surface area contributed by atoms with Gasteiger partial charge in [0, 0.05) is 0 Å². The van der Waals surface area contributed by atoms with E-state index in [1.165, 1.54) is 64.2 Å². The normalized spacial score (nSPS) is 12.0. The third-order valence-electron chi connectivity index (χ3n) is 4.76. The third-order valence-corrected chi connectivity index (χ3v) is 4.76. The van der Waals surface area contributed by atoms with Crippen molar-refractivity contribution in [2.45, 2.75) is 111 Å². The Balaban J connectivity index is 3.84. The fraction of sp³-hybridized carbons (Fsp3) is 1.00. The predicted molar refractivity (Wildman–Crippen MR) is 99.9 cm³/mol. The predicted octanol–water partition coefficient (Wildman–Crippen LogP) is 6.82. The minimum absolute atomic E-state index is 0.0927. The molecule has 0 saturated heterocycles. The highest BCUT2D eigenvalue weighted by atomic mass is 16.5. The zero-order chi connectivity index (χ0) is 16.5. The van der Waals surface area contributed by atoms with Gasteiger partial charge < -0.3 is 9.85 Å². The van der Waals surface area contributed by atoms with Crippen LogP contribution in [0, 0.1) is 5.21 Å². The van der Waals surface area contributed by atoms with E-state index in [1.54, 1.807) is 0 Å². The van der Waals surface area contributed by atoms with Crippen LogP contribution in [-0.2, 0) is 0 Å². The van der Waals surface area contributed by atoms with Gasteiger partial charge in [0.2, 0.25) is 0 Å². The van der Waals surface area contributed by atoms with Gasteiger partial charge in [-0.1, -0.05) is 78.6 Å². The molecule has 0 rings (SSSR count). The Kier molecular flexibility index (Phi) is 15.7. The Bertz CT molecular complexity index is 202. The smallest absolute Gasteiger partial charge is 0.0783 e. The Labute approximate surface area is 140 Å². The molecule has 0 fully saturated rings. The van der Waals surface area contributed by atoms with Crippen LogP contribution in [0.4, 0.5) is 0 Å². The van der Waals surface area contributed by atoms with Gasteiger partial charge in [0.1, 0.15) is 0 Å². The monoisotopic (exact) mass is 313 g/mol. The highest BCUT2D eigenvalue weighted by molar-refractivity contribution is 4.51. The maximum Gasteiger partial charge on any atom is 0.0783 e. The Morgan fingerprint density at radius 3 is 1.18 bits per heavy atom. The summed E-state index contributed by atoms with van der Waals surface area (Å²) in [5.41, 5.74) is 0. The molecule has 0 aliphatic heterocycles. The lowest BCUT2D eigenvalue weighted by Gasteiger charge is -2.43. The number of nitrogens with zero attached hydrogens (tertiary/aromatic N) is 1. The van der Waals surface area contributed by atoms with Gasteiger partial charge in [-0.25, -0.2) is 0 Å². The number of unbranched alkanes of at least 4 members (excludes halogenated alkanes) is 11. The summed E-state index contributed by atoms with van der Waals surface area (Å²) in [7, 11) is 0. The molecule has 0 saturated carbocycles. The van der Waals surface area contributed by atoms with Crippen LogP contribution in [-0.4, -0.2) is 24.3 Å². The van der Waals surface area contributed by atoms with Crippen molar-refractivity contribution in [1.29, 1.82) is 0 Å². The highest BCUT2D eigenvalue weighted by Crippen LogP contribution is 2.15. The van der Waals surface area contributed by atoms with Crippen LogP contribution in [0.5, 0.6) is 0 Å². The minimum Gasteiger partial charge on any atom is -0.633 e. The molecule has 0 heterocycles. The summed E-state index contributed by atoms with van der Waals surface area (Å²) in [6.45, 7) is 9.28. The molecular weight excluding hydrogens is 270 g/mol. The van der Waals surface area contributed by atoms with Crippen molar-refractivity contribution in [2.75, 3.05) is 19.6 Å². The molecule has 0 atom stereocenters. The minimum atomic E-state index is 0.0927. The average molecular weight is 314 g/mol. The van der Waals surface area contributed by atoms with Gasteiger partial charge >= 0.3 is 0 Å². The van der Waals surface area contributed by atoms with E-state index < -0.39 is 0 Å². The van der Waals surface area contributed by atoms with E-state index in [1.807, 2.05) is 0 Å². The topological polar surface area (TPSA) is 23.1 Å². The van der Waals surface area contributed by atoms with Crippen molar-refractivity contribution in [1.82, 2.24) is 0 Å². The maximum absolute atomic E-state index is 13.0. The lowest BCUT2D eigenvalue weighted by Crippen LogP contribution is -2.44. The zero-order valence-electron chi connectivity index (χ0n) is 15.9. The summed E-state index contributed by atoms with van der Waals surface area (Å²) in [4.78, 5) is 0. The molecule has 0 aliphatic rings. The highest BCUT2D eigenvalue weighted by Gasteiger charge is 2.15. The van der Waals surface area contributed by atoms with Gasteiger partial charge in [0.05, 0.1) is 19.6 Å². The first kappa shape index (κ1) is 21.9. The van der Waals surface area contributed by atoms with Crippen molar-refractivity contribution in [2.24, 2.45) is 0 Å². The number of hydroxylamine groups is 3. The van der Waals surface area contributed by atoms with Gasteiger partial charge in [0.15, 0.2) is 0 Å². The van der Waals surface area contributed by atoms with Gasteiger partial charge in [0.25, 0.3) is 0 Å². The van der Waals surface area contributed by atoms with E-state index >= 15 is 0 Å². The molecule has 134 valence electrons. The van der Waals surface area contributed by atoms with Crippen LogP contribution in [0.25, 0.3) is 0 Å². The van der Waals surface area contributed by atoms with Crippen LogP contribution < -0.4 is 0 Å². The van der Waals surface area contributed by atoms with Crippen LogP contribution in [0.2, 0.25) is 0 Å². The van der Waals surface area contributed by atoms with Gasteiger partial charge in [-0.2, -0.15) is 0 Å². The standard InChI is InChI=1S/C20H43NO/c1-4-7-10-12-14-16-19-21(22,18-9-6-3)20-17-15-13-11-8-5-2/h4-20H2,1-3H3. The molecule has 2 nitrogen and oxygen atoms in total. The summed E-state index contributed by atoms with van der Waals surface area (Å²) in [5.74, 6) is 0. The molecule has 0 amide bonds. The van der Waals surface area contributed by atoms with Crippen molar-refractivity contribution < 1.29 is 4.65 Å². The number of quaternary nitrogens is 1. The maximum atomic E-state index is 13.0. The van der Waals surface area contributed by atoms with Gasteiger partial charge in [-0.3, -0.25) is 0 Å². The third kappa shape index (κ3) is 13.6. The summed E-state index contributed by atoms with van der Waals surface area (Å²) < 4.78 is 0.0927. The Morgan fingerprint density at radius 1 is 0.455 bits per heavy atom. The molecule has 0 radical (unpaired) electrons. The van der Waals surface area contributed by atoms with Gasteiger partial charge in [-0.05, 0) is 32.1 Å². The first-order valence-corrected chi connectivity index (χ1v) is 10.3. The second-order valence-electron chi connectivity index (χ2n) is 7.12. The first-order valence-electron chi connectivity index (χ1n) is 10.3. The van der Waals surface area contributed by atoms with Gasteiger partial charge in [-0.15, -0.1) is 0 Å². The molecule has 0 aromatic rings. The van der Waals surface area contributed by atoms with Crippen molar-refractivity contribution in [3.8, 4) is 0 Å². The fourth-order valence-electron chi connectivity index (χ4n) is 3.14. The Morgan fingerprint density at radius 2 is 0.773 bits per heavy atom. The molecule has 0 spiro atoms. The van der Waals surface area contributed by atoms with Crippen LogP contribution in [0.3, 0.4) is 0 Å². The number of hydrogen-bond acceptors (Lipinski definition) is 1. The fourth-order valence-corrected chi connectivity index (χ4v) is 3.14. The molecule has 0 N–H and O–H groups in total. The summed E-state index contributed by atoms with van der Waals surface area (Å²) in [6, 6.07) is 0. The molecule has 22 heavy (non-hydrogen) atoms. The lowest BCUT2D eigenvalue weighted by molar-refractivity contribution is -0.881. The quantitative estimate of drug-likeness (QED) is 0.164. The zero-order valence-corrected chi connectivity index (χ0v) is 15.9. The summed E-state index contributed by atoms with van der Waals surface area (Å²) >= 11 is 0. The SMILES string of the molecule is CCCCCCCC[N+]([O-])(CCCC)CCCCCCCC. The molecule has 0 aliphatic carbocycles. The largest absolute Gasteiger partial charge is 0.633 e. The van der Waals surface area contributed by atoms with Crippen molar-refractivity contribution in [3.63, 3.8) is 0 Å². The molecule has 0 aromatic carbocycles. The first-order chi connectivity index (χ1) is 10.7. The van der Waals surface area contributed by atoms with E-state index in [0.717, 1.165) is 45.3 Å². The second-order valence-corrected chi connectivity index (χ2v) is 7.12. The van der Waals surface area contributed by atoms with E-state index in [0.29, 0.717) is 0 Å². The number of rotatable bonds is 17. The summed E-state index contributed by atoms with van der Waals surface area (Å²) in [5, 5.41) is 13.0. The molecule has 0 aromatic heterocycles. The molecule has 0 bridgehead atoms. The van der Waals surface area contributed by atoms with Crippen molar-refractivity contribution in [3.05, 3.63) is 5.21 Å². The molecule has 2 heteroatoms. The Hall–Kier alpha value is -0.0800.